The second-order valence-corrected chi connectivity index (χ2v) is 5.42. The summed E-state index contributed by atoms with van der Waals surface area (Å²) in [7, 11) is 0. The van der Waals surface area contributed by atoms with Crippen LogP contribution in [0.1, 0.15) is 40.7 Å². The Balaban J connectivity index is 3.02. The Morgan fingerprint density at radius 1 is 1.38 bits per heavy atom. The largest absolute Gasteiger partial charge is 0.390 e. The molecular formula is C12H21N3O. The lowest BCUT2D eigenvalue weighted by molar-refractivity contribution is 0.0282. The number of hydrogen-bond donors (Lipinski definition) is 1. The molecule has 90 valence electrons. The summed E-state index contributed by atoms with van der Waals surface area (Å²) in [4.78, 5) is 3.93. The fourth-order valence-electron chi connectivity index (χ4n) is 1.54. The Hall–Kier alpha value is -1.16. The van der Waals surface area contributed by atoms with E-state index in [-0.39, 0.29) is 11.5 Å². The van der Waals surface area contributed by atoms with Crippen LogP contribution in [-0.4, -0.2) is 26.0 Å². The highest BCUT2D eigenvalue weighted by Crippen LogP contribution is 2.29. The smallest absolute Gasteiger partial charge is 0.137 e. The summed E-state index contributed by atoms with van der Waals surface area (Å²) >= 11 is 0. The molecule has 0 aliphatic rings. The quantitative estimate of drug-likeness (QED) is 0.799. The number of hydrogen-bond acceptors (Lipinski definition) is 3. The molecule has 1 heterocycles. The summed E-state index contributed by atoms with van der Waals surface area (Å²) in [6.45, 7) is 10.1. The van der Waals surface area contributed by atoms with Crippen molar-refractivity contribution in [3.8, 4) is 0 Å². The summed E-state index contributed by atoms with van der Waals surface area (Å²) in [6, 6.07) is -0.160. The van der Waals surface area contributed by atoms with Gasteiger partial charge in [-0.15, -0.1) is 0 Å². The fourth-order valence-corrected chi connectivity index (χ4v) is 1.54. The number of allylic oxidation sites excluding steroid dienone is 1. The van der Waals surface area contributed by atoms with Crippen molar-refractivity contribution in [2.45, 2.75) is 46.8 Å². The summed E-state index contributed by atoms with van der Waals surface area (Å²) in [6.07, 6.45) is 4.65. The molecule has 0 bridgehead atoms. The Morgan fingerprint density at radius 2 is 2.00 bits per heavy atom. The second kappa shape index (κ2) is 4.78. The van der Waals surface area contributed by atoms with Gasteiger partial charge in [-0.1, -0.05) is 32.4 Å². The number of nitrogens with zero attached hydrogens (tertiary/aromatic N) is 3. The van der Waals surface area contributed by atoms with Gasteiger partial charge in [0.25, 0.3) is 0 Å². The van der Waals surface area contributed by atoms with E-state index in [1.165, 1.54) is 6.33 Å². The van der Waals surface area contributed by atoms with Crippen molar-refractivity contribution >= 4 is 0 Å². The second-order valence-electron chi connectivity index (χ2n) is 5.42. The van der Waals surface area contributed by atoms with Gasteiger partial charge in [0, 0.05) is 0 Å². The van der Waals surface area contributed by atoms with Crippen molar-refractivity contribution in [2.75, 3.05) is 0 Å². The van der Waals surface area contributed by atoms with Gasteiger partial charge < -0.3 is 5.11 Å². The average molecular weight is 223 g/mol. The molecule has 4 heteroatoms. The highest BCUT2D eigenvalue weighted by Gasteiger charge is 2.30. The van der Waals surface area contributed by atoms with Gasteiger partial charge in [-0.3, -0.25) is 0 Å². The maximum absolute atomic E-state index is 10.3. The van der Waals surface area contributed by atoms with E-state index in [9.17, 15) is 5.11 Å². The molecule has 0 radical (unpaired) electrons. The first kappa shape index (κ1) is 12.9. The van der Waals surface area contributed by atoms with Crippen LogP contribution in [0, 0.1) is 5.41 Å². The van der Waals surface area contributed by atoms with Crippen molar-refractivity contribution in [2.24, 2.45) is 5.41 Å². The zero-order valence-electron chi connectivity index (χ0n) is 10.7. The van der Waals surface area contributed by atoms with Gasteiger partial charge in [0.15, 0.2) is 0 Å². The average Bonchev–Trinajstić information content (AvgIpc) is 2.63. The van der Waals surface area contributed by atoms with Gasteiger partial charge in [0.1, 0.15) is 12.7 Å². The minimum absolute atomic E-state index is 0.160. The minimum Gasteiger partial charge on any atom is -0.390 e. The molecule has 1 rings (SSSR count). The predicted molar refractivity (Wildman–Crippen MR) is 64.0 cm³/mol. The third-order valence-corrected chi connectivity index (χ3v) is 2.46. The Morgan fingerprint density at radius 3 is 2.38 bits per heavy atom. The first-order valence-corrected chi connectivity index (χ1v) is 5.49. The Kier molecular flexibility index (Phi) is 3.86. The van der Waals surface area contributed by atoms with Crippen molar-refractivity contribution in [3.63, 3.8) is 0 Å². The van der Waals surface area contributed by atoms with E-state index in [0.29, 0.717) is 0 Å². The van der Waals surface area contributed by atoms with E-state index < -0.39 is 6.10 Å². The summed E-state index contributed by atoms with van der Waals surface area (Å²) in [5.74, 6) is 0. The monoisotopic (exact) mass is 223 g/mol. The molecule has 1 aromatic rings. The van der Waals surface area contributed by atoms with Crippen LogP contribution in [0.5, 0.6) is 0 Å². The van der Waals surface area contributed by atoms with Crippen LogP contribution in [0.4, 0.5) is 0 Å². The molecule has 0 amide bonds. The lowest BCUT2D eigenvalue weighted by Crippen LogP contribution is -2.35. The van der Waals surface area contributed by atoms with Crippen molar-refractivity contribution in [1.82, 2.24) is 14.8 Å². The third kappa shape index (κ3) is 3.17. The van der Waals surface area contributed by atoms with Crippen molar-refractivity contribution < 1.29 is 5.11 Å². The summed E-state index contributed by atoms with van der Waals surface area (Å²) in [5.41, 5.74) is 0.964. The highest BCUT2D eigenvalue weighted by atomic mass is 16.3. The van der Waals surface area contributed by atoms with Crippen LogP contribution in [0.15, 0.2) is 24.3 Å². The van der Waals surface area contributed by atoms with Gasteiger partial charge in [-0.2, -0.15) is 5.10 Å². The van der Waals surface area contributed by atoms with Crippen LogP contribution >= 0.6 is 0 Å². The molecule has 16 heavy (non-hydrogen) atoms. The molecule has 0 aromatic carbocycles. The molecule has 2 atom stereocenters. The Bertz CT molecular complexity index is 345. The summed E-state index contributed by atoms with van der Waals surface area (Å²) in [5, 5.41) is 14.4. The van der Waals surface area contributed by atoms with Crippen LogP contribution in [0.3, 0.4) is 0 Å². The van der Waals surface area contributed by atoms with E-state index in [1.54, 1.807) is 11.0 Å². The number of aromatic nitrogens is 3. The van der Waals surface area contributed by atoms with Crippen molar-refractivity contribution in [3.05, 3.63) is 24.3 Å². The number of aliphatic hydroxyl groups excluding tert-OH is 1. The standard InChI is InChI=1S/C12H21N3O/c1-9(2)6-10(11(16)12(3,4)5)15-8-13-7-14-15/h6-8,10-11,16H,1-5H3. The van der Waals surface area contributed by atoms with Crippen LogP contribution < -0.4 is 0 Å². The van der Waals surface area contributed by atoms with E-state index in [0.717, 1.165) is 5.57 Å². The van der Waals surface area contributed by atoms with Crippen LogP contribution in [-0.2, 0) is 0 Å². The molecular weight excluding hydrogens is 202 g/mol. The maximum atomic E-state index is 10.3. The van der Waals surface area contributed by atoms with E-state index in [1.807, 2.05) is 40.7 Å². The van der Waals surface area contributed by atoms with Crippen molar-refractivity contribution in [1.29, 1.82) is 0 Å². The topological polar surface area (TPSA) is 50.9 Å². The van der Waals surface area contributed by atoms with Gasteiger partial charge in [0.05, 0.1) is 12.1 Å². The molecule has 1 aromatic heterocycles. The molecule has 0 spiro atoms. The third-order valence-electron chi connectivity index (χ3n) is 2.46. The van der Waals surface area contributed by atoms with E-state index in [2.05, 4.69) is 10.1 Å². The molecule has 0 aliphatic carbocycles. The van der Waals surface area contributed by atoms with Crippen LogP contribution in [0.25, 0.3) is 0 Å². The molecule has 0 saturated heterocycles. The molecule has 0 aliphatic heterocycles. The van der Waals surface area contributed by atoms with Gasteiger partial charge in [0.2, 0.25) is 0 Å². The maximum Gasteiger partial charge on any atom is 0.137 e. The zero-order chi connectivity index (χ0) is 12.3. The number of rotatable bonds is 3. The molecule has 4 nitrogen and oxygen atoms in total. The minimum atomic E-state index is -0.496. The van der Waals surface area contributed by atoms with Gasteiger partial charge in [-0.25, -0.2) is 9.67 Å². The zero-order valence-corrected chi connectivity index (χ0v) is 10.7. The highest BCUT2D eigenvalue weighted by molar-refractivity contribution is 5.04. The van der Waals surface area contributed by atoms with E-state index >= 15 is 0 Å². The Labute approximate surface area is 97.0 Å². The number of aliphatic hydroxyl groups is 1. The molecule has 1 N–H and O–H groups in total. The fraction of sp³-hybridized carbons (Fsp3) is 0.667. The predicted octanol–water partition coefficient (Wildman–Crippen LogP) is 2.19. The molecule has 0 saturated carbocycles. The van der Waals surface area contributed by atoms with E-state index in [4.69, 9.17) is 0 Å². The van der Waals surface area contributed by atoms with Gasteiger partial charge >= 0.3 is 0 Å². The normalized spacial score (nSPS) is 15.6. The van der Waals surface area contributed by atoms with Crippen LogP contribution in [0.2, 0.25) is 0 Å². The first-order chi connectivity index (χ1) is 7.32. The summed E-state index contributed by atoms with van der Waals surface area (Å²) < 4.78 is 1.70. The lowest BCUT2D eigenvalue weighted by atomic mass is 9.84. The lowest BCUT2D eigenvalue weighted by Gasteiger charge is -2.31. The molecule has 2 unspecified atom stereocenters. The first-order valence-electron chi connectivity index (χ1n) is 5.49. The molecule has 0 fully saturated rings. The van der Waals surface area contributed by atoms with Gasteiger partial charge in [-0.05, 0) is 19.3 Å². The SMILES string of the molecule is CC(C)=CC(C(O)C(C)(C)C)n1cncn1.